The molecule has 0 aliphatic rings. The minimum absolute atomic E-state index is 0.384. The summed E-state index contributed by atoms with van der Waals surface area (Å²) in [5, 5.41) is 2.67. The van der Waals surface area contributed by atoms with Crippen molar-refractivity contribution in [2.75, 3.05) is 0 Å². The van der Waals surface area contributed by atoms with Crippen LogP contribution in [0.15, 0.2) is 42.5 Å². The molecule has 2 rings (SSSR count). The Morgan fingerprint density at radius 3 is 2.30 bits per heavy atom. The molecule has 0 aliphatic heterocycles. The van der Waals surface area contributed by atoms with Crippen LogP contribution in [0.4, 0.5) is 0 Å². The maximum Gasteiger partial charge on any atom is 0.0188 e. The third-order valence-corrected chi connectivity index (χ3v) is 5.06. The lowest BCUT2D eigenvalue weighted by Gasteiger charge is -2.29. The van der Waals surface area contributed by atoms with Crippen molar-refractivity contribution in [3.05, 3.63) is 48.0 Å². The molecular formula is C19H25Br. The second-order valence-corrected chi connectivity index (χ2v) is 8.28. The van der Waals surface area contributed by atoms with Gasteiger partial charge in [0.1, 0.15) is 0 Å². The van der Waals surface area contributed by atoms with Crippen molar-refractivity contribution in [3.8, 4) is 0 Å². The Bertz CT molecular complexity index is 565. The standard InChI is InChI=1S/C19H25Br/c1-14(19(2,3)4)11-18(20)13-15-9-10-16-7-5-6-8-17(16)12-15/h5-10,12,14,18H,11,13H2,1-4H3. The van der Waals surface area contributed by atoms with Crippen molar-refractivity contribution >= 4 is 26.7 Å². The molecule has 0 fully saturated rings. The molecule has 0 saturated heterocycles. The zero-order valence-electron chi connectivity index (χ0n) is 13.0. The van der Waals surface area contributed by atoms with E-state index in [2.05, 4.69) is 86.1 Å². The number of rotatable bonds is 4. The summed E-state index contributed by atoms with van der Waals surface area (Å²) in [6.45, 7) is 9.34. The fraction of sp³-hybridized carbons (Fsp3) is 0.474. The summed E-state index contributed by atoms with van der Waals surface area (Å²) in [7, 11) is 0. The zero-order valence-corrected chi connectivity index (χ0v) is 14.6. The minimum Gasteiger partial charge on any atom is -0.0887 e. The molecule has 1 heteroatoms. The molecule has 0 N–H and O–H groups in total. The molecule has 0 heterocycles. The number of hydrogen-bond acceptors (Lipinski definition) is 0. The van der Waals surface area contributed by atoms with Gasteiger partial charge < -0.3 is 0 Å². The molecule has 20 heavy (non-hydrogen) atoms. The molecular weight excluding hydrogens is 308 g/mol. The highest BCUT2D eigenvalue weighted by atomic mass is 79.9. The summed E-state index contributed by atoms with van der Waals surface area (Å²) in [5.41, 5.74) is 1.81. The van der Waals surface area contributed by atoms with E-state index in [1.54, 1.807) is 0 Å². The molecule has 0 aliphatic carbocycles. The first kappa shape index (κ1) is 15.6. The van der Waals surface area contributed by atoms with Gasteiger partial charge in [0, 0.05) is 4.83 Å². The maximum atomic E-state index is 3.87. The number of halogens is 1. The monoisotopic (exact) mass is 332 g/mol. The topological polar surface area (TPSA) is 0 Å². The Kier molecular flexibility index (Phi) is 4.90. The molecule has 0 spiro atoms. The van der Waals surface area contributed by atoms with Crippen LogP contribution in [0.3, 0.4) is 0 Å². The van der Waals surface area contributed by atoms with Gasteiger partial charge in [-0.25, -0.2) is 0 Å². The van der Waals surface area contributed by atoms with E-state index < -0.39 is 0 Å². The molecule has 0 saturated carbocycles. The van der Waals surface area contributed by atoms with E-state index in [-0.39, 0.29) is 0 Å². The highest BCUT2D eigenvalue weighted by molar-refractivity contribution is 9.09. The third-order valence-electron chi connectivity index (χ3n) is 4.36. The first-order valence-electron chi connectivity index (χ1n) is 7.48. The number of alkyl halides is 1. The summed E-state index contributed by atoms with van der Waals surface area (Å²) >= 11 is 3.87. The van der Waals surface area contributed by atoms with Gasteiger partial charge in [0.15, 0.2) is 0 Å². The fourth-order valence-corrected chi connectivity index (χ4v) is 3.38. The lowest BCUT2D eigenvalue weighted by Crippen LogP contribution is -2.21. The molecule has 2 aromatic carbocycles. The fourth-order valence-electron chi connectivity index (χ4n) is 2.44. The third kappa shape index (κ3) is 4.09. The molecule has 0 bridgehead atoms. The quantitative estimate of drug-likeness (QED) is 0.583. The molecule has 0 radical (unpaired) electrons. The second kappa shape index (κ2) is 6.30. The normalized spacial score (nSPS) is 15.2. The second-order valence-electron chi connectivity index (χ2n) is 6.99. The van der Waals surface area contributed by atoms with E-state index >= 15 is 0 Å². The van der Waals surface area contributed by atoms with E-state index in [1.165, 1.54) is 22.8 Å². The Balaban J connectivity index is 2.04. The molecule has 0 amide bonds. The Morgan fingerprint density at radius 2 is 1.65 bits per heavy atom. The van der Waals surface area contributed by atoms with E-state index in [1.807, 2.05) is 0 Å². The smallest absolute Gasteiger partial charge is 0.0188 e. The maximum absolute atomic E-state index is 3.87. The van der Waals surface area contributed by atoms with Gasteiger partial charge in [0.2, 0.25) is 0 Å². The molecule has 2 unspecified atom stereocenters. The SMILES string of the molecule is CC(CC(Br)Cc1ccc2ccccc2c1)C(C)(C)C. The highest BCUT2D eigenvalue weighted by Crippen LogP contribution is 2.32. The van der Waals surface area contributed by atoms with Gasteiger partial charge in [0.25, 0.3) is 0 Å². The van der Waals surface area contributed by atoms with Crippen LogP contribution < -0.4 is 0 Å². The first-order chi connectivity index (χ1) is 9.36. The van der Waals surface area contributed by atoms with E-state index in [9.17, 15) is 0 Å². The van der Waals surface area contributed by atoms with Crippen LogP contribution in [0.25, 0.3) is 10.8 Å². The summed E-state index contributed by atoms with van der Waals surface area (Å²) in [5.74, 6) is 0.715. The predicted octanol–water partition coefficient (Wildman–Crippen LogP) is 6.22. The van der Waals surface area contributed by atoms with Crippen LogP contribution in [0.5, 0.6) is 0 Å². The first-order valence-corrected chi connectivity index (χ1v) is 8.39. The van der Waals surface area contributed by atoms with Gasteiger partial charge >= 0.3 is 0 Å². The lowest BCUT2D eigenvalue weighted by atomic mass is 9.79. The van der Waals surface area contributed by atoms with Gasteiger partial charge in [-0.05, 0) is 40.5 Å². The Labute approximate surface area is 131 Å². The summed E-state index contributed by atoms with van der Waals surface area (Å²) < 4.78 is 0. The van der Waals surface area contributed by atoms with Gasteiger partial charge in [0.05, 0.1) is 0 Å². The van der Waals surface area contributed by atoms with Crippen LogP contribution >= 0.6 is 15.9 Å². The van der Waals surface area contributed by atoms with Gasteiger partial charge in [-0.1, -0.05) is 86.1 Å². The van der Waals surface area contributed by atoms with Crippen molar-refractivity contribution in [2.24, 2.45) is 11.3 Å². The number of benzene rings is 2. The Hall–Kier alpha value is -0.820. The van der Waals surface area contributed by atoms with Gasteiger partial charge in [-0.3, -0.25) is 0 Å². The van der Waals surface area contributed by atoms with Crippen LogP contribution in [0.2, 0.25) is 0 Å². The van der Waals surface area contributed by atoms with Crippen molar-refractivity contribution in [2.45, 2.75) is 45.4 Å². The summed E-state index contributed by atoms with van der Waals surface area (Å²) in [6.07, 6.45) is 2.32. The molecule has 2 atom stereocenters. The van der Waals surface area contributed by atoms with Crippen molar-refractivity contribution in [1.29, 1.82) is 0 Å². The van der Waals surface area contributed by atoms with Crippen molar-refractivity contribution in [1.82, 2.24) is 0 Å². The summed E-state index contributed by atoms with van der Waals surface area (Å²) in [6, 6.07) is 15.4. The van der Waals surface area contributed by atoms with Gasteiger partial charge in [-0.2, -0.15) is 0 Å². The largest absolute Gasteiger partial charge is 0.0887 e. The minimum atomic E-state index is 0.384. The zero-order chi connectivity index (χ0) is 14.8. The van der Waals surface area contributed by atoms with E-state index in [0.717, 1.165) is 6.42 Å². The average Bonchev–Trinajstić information content (AvgIpc) is 2.37. The highest BCUT2D eigenvalue weighted by Gasteiger charge is 2.22. The lowest BCUT2D eigenvalue weighted by molar-refractivity contribution is 0.246. The average molecular weight is 333 g/mol. The number of hydrogen-bond donors (Lipinski definition) is 0. The van der Waals surface area contributed by atoms with E-state index in [4.69, 9.17) is 0 Å². The predicted molar refractivity (Wildman–Crippen MR) is 93.6 cm³/mol. The van der Waals surface area contributed by atoms with Crippen LogP contribution in [-0.4, -0.2) is 4.83 Å². The molecule has 108 valence electrons. The summed E-state index contributed by atoms with van der Waals surface area (Å²) in [4.78, 5) is 0.554. The molecule has 2 aromatic rings. The van der Waals surface area contributed by atoms with Crippen LogP contribution in [0, 0.1) is 11.3 Å². The van der Waals surface area contributed by atoms with Crippen LogP contribution in [-0.2, 0) is 6.42 Å². The number of fused-ring (bicyclic) bond motifs is 1. The van der Waals surface area contributed by atoms with E-state index in [0.29, 0.717) is 16.2 Å². The van der Waals surface area contributed by atoms with Crippen molar-refractivity contribution < 1.29 is 0 Å². The van der Waals surface area contributed by atoms with Crippen LogP contribution in [0.1, 0.15) is 39.7 Å². The molecule has 0 nitrogen and oxygen atoms in total. The van der Waals surface area contributed by atoms with Crippen molar-refractivity contribution in [3.63, 3.8) is 0 Å². The van der Waals surface area contributed by atoms with Gasteiger partial charge in [-0.15, -0.1) is 0 Å². The Morgan fingerprint density at radius 1 is 1.00 bits per heavy atom. The molecule has 0 aromatic heterocycles.